The number of nitrogens with one attached hydrogen (secondary N) is 1. The molecule has 5 heteroatoms. The molecule has 1 saturated heterocycles. The molecule has 0 spiro atoms. The Kier molecular flexibility index (Phi) is 4.60. The lowest BCUT2D eigenvalue weighted by Crippen LogP contribution is -2.48. The van der Waals surface area contributed by atoms with Crippen LogP contribution in [0, 0.1) is 5.92 Å². The van der Waals surface area contributed by atoms with Crippen molar-refractivity contribution < 1.29 is 4.79 Å². The van der Waals surface area contributed by atoms with E-state index >= 15 is 0 Å². The Labute approximate surface area is 130 Å². The monoisotopic (exact) mass is 307 g/mol. The molecule has 0 saturated carbocycles. The van der Waals surface area contributed by atoms with Gasteiger partial charge in [0, 0.05) is 24.5 Å². The third-order valence-corrected chi connectivity index (χ3v) is 5.62. The number of thiazole rings is 1. The van der Waals surface area contributed by atoms with Gasteiger partial charge in [-0.2, -0.15) is 0 Å². The van der Waals surface area contributed by atoms with Crippen molar-refractivity contribution in [2.75, 3.05) is 13.1 Å². The van der Waals surface area contributed by atoms with Crippen LogP contribution < -0.4 is 5.32 Å². The van der Waals surface area contributed by atoms with E-state index in [1.165, 1.54) is 23.4 Å². The molecule has 0 radical (unpaired) electrons. The highest BCUT2D eigenvalue weighted by Gasteiger charge is 2.28. The van der Waals surface area contributed by atoms with Crippen molar-refractivity contribution in [3.63, 3.8) is 0 Å². The number of hydrogen-bond acceptors (Lipinski definition) is 4. The number of amides is 1. The molecular weight excluding hydrogens is 282 g/mol. The van der Waals surface area contributed by atoms with Crippen LogP contribution >= 0.6 is 11.3 Å². The number of carbonyl (C=O) groups excluding carboxylic acids is 1. The lowest BCUT2D eigenvalue weighted by Gasteiger charge is -2.26. The number of nitrogens with zero attached hydrogens (tertiary/aromatic N) is 2. The Morgan fingerprint density at radius 2 is 2.05 bits per heavy atom. The van der Waals surface area contributed by atoms with E-state index in [0.717, 1.165) is 43.9 Å². The van der Waals surface area contributed by atoms with Crippen molar-refractivity contribution in [1.29, 1.82) is 0 Å². The number of rotatable bonds is 5. The third-order valence-electron chi connectivity index (χ3n) is 4.46. The average Bonchev–Trinajstić information content (AvgIpc) is 3.14. The smallest absolute Gasteiger partial charge is 0.239 e. The molecule has 4 nitrogen and oxygen atoms in total. The molecule has 0 bridgehead atoms. The van der Waals surface area contributed by atoms with E-state index in [4.69, 9.17) is 4.98 Å². The van der Waals surface area contributed by atoms with Gasteiger partial charge < -0.3 is 4.90 Å². The first-order valence-corrected chi connectivity index (χ1v) is 8.96. The van der Waals surface area contributed by atoms with Gasteiger partial charge in [0.1, 0.15) is 5.01 Å². The maximum Gasteiger partial charge on any atom is 0.239 e. The first-order chi connectivity index (χ1) is 10.1. The van der Waals surface area contributed by atoms with E-state index in [9.17, 15) is 4.79 Å². The molecule has 1 amide bonds. The van der Waals surface area contributed by atoms with Crippen molar-refractivity contribution in [2.24, 2.45) is 5.92 Å². The Balaban J connectivity index is 1.60. The lowest BCUT2D eigenvalue weighted by molar-refractivity contribution is -0.133. The van der Waals surface area contributed by atoms with E-state index in [2.05, 4.69) is 19.2 Å². The molecule has 1 aromatic rings. The average molecular weight is 307 g/mol. The Bertz CT molecular complexity index is 484. The van der Waals surface area contributed by atoms with Gasteiger partial charge >= 0.3 is 0 Å². The summed E-state index contributed by atoms with van der Waals surface area (Å²) in [5.41, 5.74) is 1.30. The van der Waals surface area contributed by atoms with Crippen LogP contribution in [0.15, 0.2) is 0 Å². The fourth-order valence-corrected chi connectivity index (χ4v) is 4.37. The molecule has 1 aliphatic heterocycles. The standard InChI is InChI=1S/C16H25N3OS/c1-11(2)15(16(20)19-8-3-4-9-19)17-10-14-18-12-6-5-7-13(12)21-14/h11,15,17H,3-10H2,1-2H3/t15-/m0/s1. The SMILES string of the molecule is CC(C)[C@H](NCc1nc2c(s1)CCC2)C(=O)N1CCCC1. The maximum atomic E-state index is 12.6. The van der Waals surface area contributed by atoms with E-state index in [-0.39, 0.29) is 11.9 Å². The number of fused-ring (bicyclic) bond motifs is 1. The molecule has 0 aromatic carbocycles. The highest BCUT2D eigenvalue weighted by molar-refractivity contribution is 7.11. The summed E-state index contributed by atoms with van der Waals surface area (Å²) in [5.74, 6) is 0.580. The molecular formula is C16H25N3OS. The summed E-state index contributed by atoms with van der Waals surface area (Å²) in [6.07, 6.45) is 5.87. The second-order valence-electron chi connectivity index (χ2n) is 6.47. The number of aryl methyl sites for hydroxylation is 2. The van der Waals surface area contributed by atoms with E-state index in [1.54, 1.807) is 0 Å². The van der Waals surface area contributed by atoms with Crippen molar-refractivity contribution in [2.45, 2.75) is 58.5 Å². The van der Waals surface area contributed by atoms with Crippen molar-refractivity contribution in [3.8, 4) is 0 Å². The fraction of sp³-hybridized carbons (Fsp3) is 0.750. The van der Waals surface area contributed by atoms with E-state index in [0.29, 0.717) is 5.92 Å². The predicted octanol–water partition coefficient (Wildman–Crippen LogP) is 2.37. The van der Waals surface area contributed by atoms with Crippen molar-refractivity contribution in [3.05, 3.63) is 15.6 Å². The minimum absolute atomic E-state index is 0.0816. The summed E-state index contributed by atoms with van der Waals surface area (Å²) in [6, 6.07) is -0.0816. The Morgan fingerprint density at radius 1 is 1.29 bits per heavy atom. The molecule has 21 heavy (non-hydrogen) atoms. The highest BCUT2D eigenvalue weighted by atomic mass is 32.1. The predicted molar refractivity (Wildman–Crippen MR) is 85.4 cm³/mol. The number of likely N-dealkylation sites (tertiary alicyclic amines) is 1. The minimum Gasteiger partial charge on any atom is -0.341 e. The quantitative estimate of drug-likeness (QED) is 0.908. The van der Waals surface area contributed by atoms with Crippen LogP contribution in [0.5, 0.6) is 0 Å². The Morgan fingerprint density at radius 3 is 2.71 bits per heavy atom. The molecule has 1 aromatic heterocycles. The molecule has 2 heterocycles. The van der Waals surface area contributed by atoms with Crippen LogP contribution in [0.25, 0.3) is 0 Å². The first-order valence-electron chi connectivity index (χ1n) is 8.15. The largest absolute Gasteiger partial charge is 0.341 e. The van der Waals surface area contributed by atoms with E-state index < -0.39 is 0 Å². The molecule has 0 unspecified atom stereocenters. The topological polar surface area (TPSA) is 45.2 Å². The lowest BCUT2D eigenvalue weighted by atomic mass is 10.0. The highest BCUT2D eigenvalue weighted by Crippen LogP contribution is 2.27. The van der Waals surface area contributed by atoms with Crippen LogP contribution in [0.3, 0.4) is 0 Å². The zero-order chi connectivity index (χ0) is 14.8. The van der Waals surface area contributed by atoms with Gasteiger partial charge in [0.2, 0.25) is 5.91 Å². The Hall–Kier alpha value is -0.940. The zero-order valence-corrected chi connectivity index (χ0v) is 13.8. The van der Waals surface area contributed by atoms with Gasteiger partial charge in [-0.3, -0.25) is 10.1 Å². The fourth-order valence-electron chi connectivity index (χ4n) is 3.26. The third kappa shape index (κ3) is 3.29. The van der Waals surface area contributed by atoms with Gasteiger partial charge in [-0.15, -0.1) is 11.3 Å². The zero-order valence-electron chi connectivity index (χ0n) is 13.0. The van der Waals surface area contributed by atoms with E-state index in [1.807, 2.05) is 16.2 Å². The summed E-state index contributed by atoms with van der Waals surface area (Å²) in [5, 5.41) is 4.60. The second-order valence-corrected chi connectivity index (χ2v) is 7.63. The van der Waals surface area contributed by atoms with Crippen LogP contribution in [0.4, 0.5) is 0 Å². The maximum absolute atomic E-state index is 12.6. The van der Waals surface area contributed by atoms with Crippen LogP contribution in [-0.4, -0.2) is 34.9 Å². The molecule has 3 rings (SSSR count). The summed E-state index contributed by atoms with van der Waals surface area (Å²) in [6.45, 7) is 6.81. The van der Waals surface area contributed by atoms with Crippen molar-refractivity contribution in [1.82, 2.24) is 15.2 Å². The molecule has 1 fully saturated rings. The first kappa shape index (κ1) is 15.0. The summed E-state index contributed by atoms with van der Waals surface area (Å²) >= 11 is 1.82. The van der Waals surface area contributed by atoms with Gasteiger partial charge in [0.25, 0.3) is 0 Å². The van der Waals surface area contributed by atoms with Crippen LogP contribution in [0.1, 0.15) is 48.7 Å². The molecule has 116 valence electrons. The van der Waals surface area contributed by atoms with Crippen LogP contribution in [0.2, 0.25) is 0 Å². The van der Waals surface area contributed by atoms with Crippen LogP contribution in [-0.2, 0) is 24.2 Å². The minimum atomic E-state index is -0.0816. The van der Waals surface area contributed by atoms with Gasteiger partial charge in [-0.25, -0.2) is 4.98 Å². The number of carbonyl (C=O) groups is 1. The second kappa shape index (κ2) is 6.44. The number of hydrogen-bond donors (Lipinski definition) is 1. The van der Waals surface area contributed by atoms with Gasteiger partial charge in [0.15, 0.2) is 0 Å². The molecule has 1 atom stereocenters. The van der Waals surface area contributed by atoms with Gasteiger partial charge in [0.05, 0.1) is 11.7 Å². The normalized spacial score (nSPS) is 19.3. The number of aromatic nitrogens is 1. The summed E-state index contributed by atoms with van der Waals surface area (Å²) < 4.78 is 0. The molecule has 1 N–H and O–H groups in total. The van der Waals surface area contributed by atoms with Crippen molar-refractivity contribution >= 4 is 17.2 Å². The molecule has 1 aliphatic carbocycles. The molecule has 2 aliphatic rings. The summed E-state index contributed by atoms with van der Waals surface area (Å²) in [7, 11) is 0. The van der Waals surface area contributed by atoms with Gasteiger partial charge in [-0.1, -0.05) is 13.8 Å². The summed E-state index contributed by atoms with van der Waals surface area (Å²) in [4.78, 5) is 20.8. The van der Waals surface area contributed by atoms with Gasteiger partial charge in [-0.05, 0) is 38.0 Å².